The summed E-state index contributed by atoms with van der Waals surface area (Å²) in [7, 11) is 0. The molecule has 0 aliphatic rings. The van der Waals surface area contributed by atoms with Crippen molar-refractivity contribution in [2.75, 3.05) is 35.4 Å². The Bertz CT molecular complexity index is 921. The molecule has 2 amide bonds. The molecule has 0 aliphatic heterocycles. The van der Waals surface area contributed by atoms with Crippen LogP contribution in [0.5, 0.6) is 0 Å². The third-order valence-corrected chi connectivity index (χ3v) is 4.44. The predicted molar refractivity (Wildman–Crippen MR) is 112 cm³/mol. The molecule has 3 aromatic rings. The van der Waals surface area contributed by atoms with Crippen molar-refractivity contribution >= 4 is 35.0 Å². The van der Waals surface area contributed by atoms with Crippen molar-refractivity contribution in [3.05, 3.63) is 55.0 Å². The Balaban J connectivity index is 1.69. The maximum Gasteiger partial charge on any atom is 0.323 e. The Morgan fingerprint density at radius 3 is 2.57 bits per heavy atom. The minimum absolute atomic E-state index is 0.0225. The maximum absolute atomic E-state index is 12.0. The molecule has 0 saturated heterocycles. The Labute approximate surface area is 166 Å². The van der Waals surface area contributed by atoms with Gasteiger partial charge >= 0.3 is 6.03 Å². The number of hydrogen-bond acceptors (Lipinski definition) is 7. The number of aromatic nitrogens is 3. The average molecular weight is 396 g/mol. The Hall–Kier alpha value is -3.17. The summed E-state index contributed by atoms with van der Waals surface area (Å²) in [6.07, 6.45) is 6.90. The van der Waals surface area contributed by atoms with Gasteiger partial charge in [0, 0.05) is 30.2 Å². The van der Waals surface area contributed by atoms with Gasteiger partial charge in [0.25, 0.3) is 0 Å². The van der Waals surface area contributed by atoms with Gasteiger partial charge in [0.05, 0.1) is 23.4 Å². The highest BCUT2D eigenvalue weighted by atomic mass is 32.2. The van der Waals surface area contributed by atoms with Crippen LogP contribution in [-0.2, 0) is 0 Å². The summed E-state index contributed by atoms with van der Waals surface area (Å²) in [5, 5.41) is 17.6. The van der Waals surface area contributed by atoms with Crippen LogP contribution in [0.3, 0.4) is 0 Å². The summed E-state index contributed by atoms with van der Waals surface area (Å²) in [6, 6.07) is 10.4. The Morgan fingerprint density at radius 1 is 1.11 bits per heavy atom. The molecule has 0 atom stereocenters. The van der Waals surface area contributed by atoms with Gasteiger partial charge in [-0.3, -0.25) is 4.98 Å². The van der Waals surface area contributed by atoms with E-state index in [0.717, 1.165) is 10.5 Å². The second-order valence-electron chi connectivity index (χ2n) is 5.66. The lowest BCUT2D eigenvalue weighted by molar-refractivity contribution is 0.262. The van der Waals surface area contributed by atoms with E-state index in [9.17, 15) is 4.79 Å². The van der Waals surface area contributed by atoms with Crippen LogP contribution in [0.25, 0.3) is 11.4 Å². The second-order valence-corrected chi connectivity index (χ2v) is 6.51. The maximum atomic E-state index is 12.0. The summed E-state index contributed by atoms with van der Waals surface area (Å²) in [5.41, 5.74) is 2.07. The molecule has 8 nitrogen and oxygen atoms in total. The molecule has 2 aromatic heterocycles. The predicted octanol–water partition coefficient (Wildman–Crippen LogP) is 3.31. The van der Waals surface area contributed by atoms with E-state index in [2.05, 4.69) is 30.9 Å². The van der Waals surface area contributed by atoms with Gasteiger partial charge in [-0.1, -0.05) is 0 Å². The fraction of sp³-hybridized carbons (Fsp3) is 0.158. The van der Waals surface area contributed by atoms with Crippen molar-refractivity contribution in [3.63, 3.8) is 0 Å². The highest BCUT2D eigenvalue weighted by molar-refractivity contribution is 7.98. The molecular formula is C19H20N6O2S. The largest absolute Gasteiger partial charge is 0.395 e. The zero-order valence-electron chi connectivity index (χ0n) is 15.2. The summed E-state index contributed by atoms with van der Waals surface area (Å²) in [5.74, 6) is 1.24. The topological polar surface area (TPSA) is 112 Å². The van der Waals surface area contributed by atoms with Crippen molar-refractivity contribution in [1.29, 1.82) is 0 Å². The minimum Gasteiger partial charge on any atom is -0.395 e. The van der Waals surface area contributed by atoms with E-state index < -0.39 is 0 Å². The first kappa shape index (κ1) is 19.6. The molecule has 144 valence electrons. The standard InChI is InChI=1S/C19H20N6O2S/c1-28-16-12-22-17(25-18(16)21-9-10-26)13-4-6-14(7-5-13)23-19(27)24-15-3-2-8-20-11-15/h2-8,11-12,26H,9-10H2,1H3,(H,21,22,25)(H2,23,24,27). The molecule has 4 N–H and O–H groups in total. The van der Waals surface area contributed by atoms with Gasteiger partial charge in [0.2, 0.25) is 0 Å². The number of aliphatic hydroxyl groups excluding tert-OH is 1. The van der Waals surface area contributed by atoms with E-state index in [-0.39, 0.29) is 12.6 Å². The number of anilines is 3. The molecule has 0 radical (unpaired) electrons. The lowest BCUT2D eigenvalue weighted by Crippen LogP contribution is -2.19. The van der Waals surface area contributed by atoms with Crippen LogP contribution >= 0.6 is 11.8 Å². The number of nitrogens with zero attached hydrogens (tertiary/aromatic N) is 3. The number of aliphatic hydroxyl groups is 1. The second kappa shape index (κ2) is 9.67. The van der Waals surface area contributed by atoms with Gasteiger partial charge in [-0.25, -0.2) is 14.8 Å². The van der Waals surface area contributed by atoms with Crippen LogP contribution in [0, 0.1) is 0 Å². The van der Waals surface area contributed by atoms with Crippen molar-refractivity contribution < 1.29 is 9.90 Å². The third-order valence-electron chi connectivity index (χ3n) is 3.70. The van der Waals surface area contributed by atoms with Gasteiger partial charge in [0.1, 0.15) is 5.82 Å². The normalized spacial score (nSPS) is 10.4. The van der Waals surface area contributed by atoms with Crippen LogP contribution in [0.15, 0.2) is 59.9 Å². The lowest BCUT2D eigenvalue weighted by atomic mass is 10.2. The molecule has 0 aliphatic carbocycles. The first-order chi connectivity index (χ1) is 13.7. The molecule has 0 fully saturated rings. The fourth-order valence-electron chi connectivity index (χ4n) is 2.39. The van der Waals surface area contributed by atoms with E-state index in [1.54, 1.807) is 42.9 Å². The molecule has 9 heteroatoms. The van der Waals surface area contributed by atoms with Crippen LogP contribution in [-0.4, -0.2) is 45.5 Å². The number of nitrogens with one attached hydrogen (secondary N) is 3. The number of urea groups is 1. The lowest BCUT2D eigenvalue weighted by Gasteiger charge is -2.11. The zero-order chi connectivity index (χ0) is 19.8. The Kier molecular flexibility index (Phi) is 6.77. The van der Waals surface area contributed by atoms with Crippen LogP contribution in [0.4, 0.5) is 22.0 Å². The number of carbonyl (C=O) groups excluding carboxylic acids is 1. The highest BCUT2D eigenvalue weighted by Gasteiger charge is 2.09. The van der Waals surface area contributed by atoms with Gasteiger partial charge in [-0.2, -0.15) is 0 Å². The first-order valence-electron chi connectivity index (χ1n) is 8.54. The monoisotopic (exact) mass is 396 g/mol. The molecule has 28 heavy (non-hydrogen) atoms. The summed E-state index contributed by atoms with van der Waals surface area (Å²) >= 11 is 1.53. The third kappa shape index (κ3) is 5.18. The van der Waals surface area contributed by atoms with E-state index in [1.165, 1.54) is 11.8 Å². The van der Waals surface area contributed by atoms with Gasteiger partial charge in [0.15, 0.2) is 5.82 Å². The fourth-order valence-corrected chi connectivity index (χ4v) is 2.86. The molecule has 0 saturated carbocycles. The van der Waals surface area contributed by atoms with E-state index in [4.69, 9.17) is 5.11 Å². The van der Waals surface area contributed by atoms with E-state index in [1.807, 2.05) is 18.4 Å². The molecule has 3 rings (SSSR count). The quantitative estimate of drug-likeness (QED) is 0.453. The SMILES string of the molecule is CSc1cnc(-c2ccc(NC(=O)Nc3cccnc3)cc2)nc1NCCO. The first-order valence-corrected chi connectivity index (χ1v) is 9.76. The average Bonchev–Trinajstić information content (AvgIpc) is 2.73. The van der Waals surface area contributed by atoms with Gasteiger partial charge in [-0.15, -0.1) is 11.8 Å². The van der Waals surface area contributed by atoms with Crippen molar-refractivity contribution in [2.45, 2.75) is 4.90 Å². The molecule has 0 spiro atoms. The number of carbonyl (C=O) groups is 1. The van der Waals surface area contributed by atoms with Crippen LogP contribution in [0.2, 0.25) is 0 Å². The number of hydrogen-bond donors (Lipinski definition) is 4. The summed E-state index contributed by atoms with van der Waals surface area (Å²) in [6.45, 7) is 0.438. The van der Waals surface area contributed by atoms with Crippen molar-refractivity contribution in [2.24, 2.45) is 0 Å². The van der Waals surface area contributed by atoms with Crippen LogP contribution < -0.4 is 16.0 Å². The number of thioether (sulfide) groups is 1. The van der Waals surface area contributed by atoms with Crippen LogP contribution in [0.1, 0.15) is 0 Å². The molecule has 0 unspecified atom stereocenters. The van der Waals surface area contributed by atoms with Gasteiger partial charge < -0.3 is 21.1 Å². The molecule has 1 aromatic carbocycles. The number of benzene rings is 1. The number of pyridine rings is 1. The smallest absolute Gasteiger partial charge is 0.323 e. The molecule has 0 bridgehead atoms. The molecular weight excluding hydrogens is 376 g/mol. The van der Waals surface area contributed by atoms with E-state index in [0.29, 0.717) is 29.6 Å². The van der Waals surface area contributed by atoms with Crippen molar-refractivity contribution in [1.82, 2.24) is 15.0 Å². The Morgan fingerprint density at radius 2 is 1.89 bits per heavy atom. The minimum atomic E-state index is -0.350. The number of amides is 2. The van der Waals surface area contributed by atoms with E-state index >= 15 is 0 Å². The summed E-state index contributed by atoms with van der Waals surface area (Å²) in [4.78, 5) is 25.8. The highest BCUT2D eigenvalue weighted by Crippen LogP contribution is 2.26. The summed E-state index contributed by atoms with van der Waals surface area (Å²) < 4.78 is 0. The zero-order valence-corrected chi connectivity index (χ0v) is 16.0. The molecule has 2 heterocycles. The number of rotatable bonds is 7. The van der Waals surface area contributed by atoms with Crippen molar-refractivity contribution in [3.8, 4) is 11.4 Å². The van der Waals surface area contributed by atoms with Gasteiger partial charge in [-0.05, 0) is 42.7 Å².